The van der Waals surface area contributed by atoms with Crippen molar-refractivity contribution in [2.24, 2.45) is 0 Å². The summed E-state index contributed by atoms with van der Waals surface area (Å²) in [6.45, 7) is 3.71. The zero-order valence-corrected chi connectivity index (χ0v) is 10.2. The van der Waals surface area contributed by atoms with Gasteiger partial charge in [0, 0.05) is 6.42 Å². The minimum absolute atomic E-state index is 0.211. The summed E-state index contributed by atoms with van der Waals surface area (Å²) < 4.78 is 0. The maximum Gasteiger partial charge on any atom is 0.257 e. The van der Waals surface area contributed by atoms with Crippen LogP contribution in [0.4, 0.5) is 0 Å². The van der Waals surface area contributed by atoms with E-state index in [4.69, 9.17) is 28.7 Å². The van der Waals surface area contributed by atoms with Crippen LogP contribution in [-0.4, -0.2) is 11.0 Å². The molecule has 84 valence electrons. The molecule has 0 N–H and O–H groups in total. The second-order valence-corrected chi connectivity index (χ2v) is 4.24. The Balaban J connectivity index is 2.95. The maximum atomic E-state index is 8.43. The van der Waals surface area contributed by atoms with Gasteiger partial charge in [0.2, 0.25) is 0 Å². The summed E-state index contributed by atoms with van der Waals surface area (Å²) in [7, 11) is 0. The highest BCUT2D eigenvalue weighted by atomic mass is 35.5. The number of benzene rings is 1. The lowest BCUT2D eigenvalue weighted by Gasteiger charge is -2.12. The zero-order valence-electron chi connectivity index (χ0n) is 8.74. The fourth-order valence-corrected chi connectivity index (χ4v) is 1.82. The van der Waals surface area contributed by atoms with Crippen LogP contribution in [-0.2, 0) is 0 Å². The molecular weight excluding hydrogens is 243 g/mol. The van der Waals surface area contributed by atoms with Gasteiger partial charge in [0.25, 0.3) is 6.21 Å². The molecule has 1 atom stereocenters. The Morgan fingerprint density at radius 2 is 2.06 bits per heavy atom. The van der Waals surface area contributed by atoms with Gasteiger partial charge in [-0.2, -0.15) is 4.79 Å². The van der Waals surface area contributed by atoms with Crippen LogP contribution in [0.15, 0.2) is 30.9 Å². The van der Waals surface area contributed by atoms with Crippen molar-refractivity contribution in [2.75, 3.05) is 0 Å². The van der Waals surface area contributed by atoms with Crippen LogP contribution in [0.25, 0.3) is 5.53 Å². The smallest absolute Gasteiger partial charge is 0.257 e. The molecule has 0 aromatic heterocycles. The Bertz CT molecular complexity index is 423. The van der Waals surface area contributed by atoms with Crippen molar-refractivity contribution >= 4 is 29.4 Å². The largest absolute Gasteiger partial charge is 0.362 e. The molecule has 16 heavy (non-hydrogen) atoms. The second kappa shape index (κ2) is 6.49. The predicted molar refractivity (Wildman–Crippen MR) is 68.3 cm³/mol. The molecule has 0 aliphatic heterocycles. The normalized spacial score (nSPS) is 11.6. The van der Waals surface area contributed by atoms with Gasteiger partial charge in [-0.25, -0.2) is 0 Å². The molecule has 0 fully saturated rings. The summed E-state index contributed by atoms with van der Waals surface area (Å²) in [5.74, 6) is 0.211. The van der Waals surface area contributed by atoms with E-state index in [1.807, 2.05) is 18.2 Å². The van der Waals surface area contributed by atoms with E-state index in [-0.39, 0.29) is 5.92 Å². The van der Waals surface area contributed by atoms with Crippen LogP contribution in [0.5, 0.6) is 0 Å². The Hall–Kier alpha value is -1.08. The van der Waals surface area contributed by atoms with Crippen LogP contribution >= 0.6 is 23.2 Å². The number of rotatable bonds is 5. The Labute approximate surface area is 105 Å². The van der Waals surface area contributed by atoms with Gasteiger partial charge in [-0.05, 0) is 30.0 Å². The van der Waals surface area contributed by atoms with Crippen molar-refractivity contribution in [3.8, 4) is 0 Å². The molecule has 4 heteroatoms. The standard InChI is InChI=1S/C12H12Cl2N2/c1-2-3-9(6-7-16-15)10-4-5-11(13)12(14)8-10/h2,4-5,7-9H,1,3,6H2/t9-/m1/s1. The van der Waals surface area contributed by atoms with Crippen molar-refractivity contribution < 1.29 is 4.79 Å². The van der Waals surface area contributed by atoms with E-state index in [0.717, 1.165) is 12.0 Å². The monoisotopic (exact) mass is 254 g/mol. The van der Waals surface area contributed by atoms with Gasteiger partial charge in [-0.1, -0.05) is 35.3 Å². The van der Waals surface area contributed by atoms with Crippen LogP contribution in [0, 0.1) is 0 Å². The first-order chi connectivity index (χ1) is 7.69. The van der Waals surface area contributed by atoms with Crippen molar-refractivity contribution in [1.82, 2.24) is 0 Å². The molecule has 0 saturated heterocycles. The van der Waals surface area contributed by atoms with E-state index in [2.05, 4.69) is 11.4 Å². The lowest BCUT2D eigenvalue weighted by molar-refractivity contribution is 0.000421. The predicted octanol–water partition coefficient (Wildman–Crippen LogP) is 4.34. The van der Waals surface area contributed by atoms with E-state index in [1.165, 1.54) is 6.21 Å². The number of nitrogens with zero attached hydrogens (tertiary/aromatic N) is 2. The quantitative estimate of drug-likeness (QED) is 0.325. The molecule has 0 radical (unpaired) electrons. The average molecular weight is 255 g/mol. The first kappa shape index (κ1) is 13.0. The minimum Gasteiger partial charge on any atom is -0.362 e. The topological polar surface area (TPSA) is 36.4 Å². The van der Waals surface area contributed by atoms with Crippen molar-refractivity contribution in [3.63, 3.8) is 0 Å². The number of hydrogen-bond acceptors (Lipinski definition) is 0. The van der Waals surface area contributed by atoms with Gasteiger partial charge in [-0.3, -0.25) is 0 Å². The third-order valence-electron chi connectivity index (χ3n) is 2.34. The fourth-order valence-electron chi connectivity index (χ4n) is 1.51. The molecule has 0 unspecified atom stereocenters. The summed E-state index contributed by atoms with van der Waals surface area (Å²) in [5.41, 5.74) is 9.49. The molecule has 0 saturated carbocycles. The first-order valence-corrected chi connectivity index (χ1v) is 5.66. The zero-order chi connectivity index (χ0) is 12.0. The highest BCUT2D eigenvalue weighted by Gasteiger charge is 2.12. The molecule has 1 rings (SSSR count). The van der Waals surface area contributed by atoms with Gasteiger partial charge in [0.15, 0.2) is 0 Å². The summed E-state index contributed by atoms with van der Waals surface area (Å²) in [6.07, 6.45) is 4.74. The summed E-state index contributed by atoms with van der Waals surface area (Å²) >= 11 is 11.8. The van der Waals surface area contributed by atoms with Gasteiger partial charge >= 0.3 is 0 Å². The number of allylic oxidation sites excluding steroid dienone is 1. The van der Waals surface area contributed by atoms with Gasteiger partial charge in [0.1, 0.15) is 0 Å². The fraction of sp³-hybridized carbons (Fsp3) is 0.250. The molecule has 0 bridgehead atoms. The molecule has 0 spiro atoms. The lowest BCUT2D eigenvalue weighted by Crippen LogP contribution is -1.99. The average Bonchev–Trinajstić information content (AvgIpc) is 2.28. The van der Waals surface area contributed by atoms with Gasteiger partial charge < -0.3 is 5.53 Å². The van der Waals surface area contributed by atoms with Crippen molar-refractivity contribution in [1.29, 1.82) is 0 Å². The van der Waals surface area contributed by atoms with Crippen molar-refractivity contribution in [2.45, 2.75) is 18.8 Å². The Morgan fingerprint density at radius 1 is 1.31 bits per heavy atom. The molecular formula is C12H12Cl2N2. The van der Waals surface area contributed by atoms with E-state index < -0.39 is 0 Å². The van der Waals surface area contributed by atoms with E-state index >= 15 is 0 Å². The first-order valence-electron chi connectivity index (χ1n) is 4.90. The van der Waals surface area contributed by atoms with Crippen LogP contribution in [0.2, 0.25) is 10.0 Å². The Morgan fingerprint density at radius 3 is 2.62 bits per heavy atom. The van der Waals surface area contributed by atoms with Crippen molar-refractivity contribution in [3.05, 3.63) is 52.0 Å². The highest BCUT2D eigenvalue weighted by Crippen LogP contribution is 2.29. The maximum absolute atomic E-state index is 8.43. The third kappa shape index (κ3) is 3.49. The minimum atomic E-state index is 0.211. The third-order valence-corrected chi connectivity index (χ3v) is 3.08. The Kier molecular flexibility index (Phi) is 5.27. The summed E-state index contributed by atoms with van der Waals surface area (Å²) in [6, 6.07) is 5.53. The second-order valence-electron chi connectivity index (χ2n) is 3.43. The van der Waals surface area contributed by atoms with Crippen LogP contribution in [0.1, 0.15) is 24.3 Å². The summed E-state index contributed by atoms with van der Waals surface area (Å²) in [5, 5.41) is 1.08. The summed E-state index contributed by atoms with van der Waals surface area (Å²) in [4.78, 5) is 3.00. The van der Waals surface area contributed by atoms with Gasteiger partial charge in [-0.15, -0.1) is 6.58 Å². The number of hydrogen-bond donors (Lipinski definition) is 0. The molecule has 0 aliphatic rings. The molecule has 0 amide bonds. The van der Waals surface area contributed by atoms with Crippen LogP contribution in [0.3, 0.4) is 0 Å². The molecule has 1 aromatic rings. The van der Waals surface area contributed by atoms with Crippen LogP contribution < -0.4 is 0 Å². The molecule has 2 nitrogen and oxygen atoms in total. The van der Waals surface area contributed by atoms with E-state index in [0.29, 0.717) is 16.5 Å². The van der Waals surface area contributed by atoms with Gasteiger partial charge in [0.05, 0.1) is 10.0 Å². The lowest BCUT2D eigenvalue weighted by atomic mass is 9.93. The SMILES string of the molecule is C=CC[C@H](CC=[N+]=[N-])c1ccc(Cl)c(Cl)c1. The van der Waals surface area contributed by atoms with E-state index in [9.17, 15) is 0 Å². The molecule has 0 heterocycles. The molecule has 1 aromatic carbocycles. The highest BCUT2D eigenvalue weighted by molar-refractivity contribution is 6.42. The van der Waals surface area contributed by atoms with E-state index in [1.54, 1.807) is 6.07 Å². The number of halogens is 2. The molecule has 0 aliphatic carbocycles.